The number of hydrogen-bond donors (Lipinski definition) is 3. The summed E-state index contributed by atoms with van der Waals surface area (Å²) in [7, 11) is 0. The highest BCUT2D eigenvalue weighted by Gasteiger charge is 2.14. The maximum Gasteiger partial charge on any atom is 0.259 e. The molecule has 5 nitrogen and oxygen atoms in total. The van der Waals surface area contributed by atoms with E-state index < -0.39 is 11.7 Å². The molecule has 0 aliphatic carbocycles. The van der Waals surface area contributed by atoms with Gasteiger partial charge in [0.1, 0.15) is 0 Å². The number of hydrogen-bond acceptors (Lipinski definition) is 4. The second kappa shape index (κ2) is 4.70. The molecule has 2 aromatic rings. The highest BCUT2D eigenvalue weighted by molar-refractivity contribution is 6.07. The first-order valence-corrected chi connectivity index (χ1v) is 5.08. The molecule has 92 valence electrons. The Bertz CT molecular complexity index is 602. The number of phenolic OH excluding ortho intramolecular Hbond substituents is 1. The monoisotopic (exact) mass is 247 g/mol. The summed E-state index contributed by atoms with van der Waals surface area (Å²) in [6.45, 7) is 0. The van der Waals surface area contributed by atoms with E-state index in [9.17, 15) is 14.3 Å². The molecule has 0 unspecified atom stereocenters. The molecule has 0 saturated carbocycles. The van der Waals surface area contributed by atoms with Gasteiger partial charge in [-0.05, 0) is 18.2 Å². The summed E-state index contributed by atoms with van der Waals surface area (Å²) in [5.74, 6) is -1.64. The number of amides is 1. The molecule has 1 heterocycles. The second-order valence-corrected chi connectivity index (χ2v) is 3.55. The third-order valence-corrected chi connectivity index (χ3v) is 2.33. The Balaban J connectivity index is 2.28. The summed E-state index contributed by atoms with van der Waals surface area (Å²) in [4.78, 5) is 15.4. The van der Waals surface area contributed by atoms with Gasteiger partial charge in [0.15, 0.2) is 11.6 Å². The summed E-state index contributed by atoms with van der Waals surface area (Å²) in [5.41, 5.74) is 5.51. The van der Waals surface area contributed by atoms with Gasteiger partial charge in [0.2, 0.25) is 0 Å². The smallest absolute Gasteiger partial charge is 0.259 e. The molecule has 1 aromatic carbocycles. The fraction of sp³-hybridized carbons (Fsp3) is 0. The predicted octanol–water partition coefficient (Wildman–Crippen LogP) is 1.76. The number of halogens is 1. The Morgan fingerprint density at radius 3 is 2.89 bits per heavy atom. The highest BCUT2D eigenvalue weighted by Crippen LogP contribution is 2.25. The standard InChI is InChI=1S/C12H10FN3O2/c13-8-6-15-5-4-10(8)16-12(18)7-2-1-3-9(14)11(7)17/h1-6,17H,14H2,(H,15,16,18). The summed E-state index contributed by atoms with van der Waals surface area (Å²) in [6.07, 6.45) is 2.33. The lowest BCUT2D eigenvalue weighted by atomic mass is 10.1. The average Bonchev–Trinajstić information content (AvgIpc) is 2.35. The normalized spacial score (nSPS) is 10.1. The van der Waals surface area contributed by atoms with Crippen LogP contribution in [-0.4, -0.2) is 16.0 Å². The van der Waals surface area contributed by atoms with E-state index in [4.69, 9.17) is 5.73 Å². The number of nitrogen functional groups attached to an aromatic ring is 1. The van der Waals surface area contributed by atoms with Crippen LogP contribution in [0, 0.1) is 5.82 Å². The first-order chi connectivity index (χ1) is 8.59. The molecule has 0 spiro atoms. The van der Waals surface area contributed by atoms with Gasteiger partial charge in [0.25, 0.3) is 5.91 Å². The minimum Gasteiger partial charge on any atom is -0.505 e. The van der Waals surface area contributed by atoms with Gasteiger partial charge in [-0.15, -0.1) is 0 Å². The van der Waals surface area contributed by atoms with Gasteiger partial charge in [0.05, 0.1) is 23.1 Å². The number of phenols is 1. The Morgan fingerprint density at radius 2 is 2.17 bits per heavy atom. The zero-order chi connectivity index (χ0) is 13.1. The number of pyridine rings is 1. The van der Waals surface area contributed by atoms with E-state index in [1.165, 1.54) is 30.5 Å². The van der Waals surface area contributed by atoms with Crippen molar-refractivity contribution in [1.29, 1.82) is 0 Å². The SMILES string of the molecule is Nc1cccc(C(=O)Nc2ccncc2F)c1O. The lowest BCUT2D eigenvalue weighted by Crippen LogP contribution is -2.13. The number of para-hydroxylation sites is 1. The van der Waals surface area contributed by atoms with Gasteiger partial charge in [-0.25, -0.2) is 4.39 Å². The van der Waals surface area contributed by atoms with E-state index >= 15 is 0 Å². The molecule has 0 bridgehead atoms. The first-order valence-electron chi connectivity index (χ1n) is 5.08. The van der Waals surface area contributed by atoms with E-state index in [1.807, 2.05) is 0 Å². The Kier molecular flexibility index (Phi) is 3.09. The summed E-state index contributed by atoms with van der Waals surface area (Å²) in [6, 6.07) is 5.68. The fourth-order valence-corrected chi connectivity index (χ4v) is 1.41. The van der Waals surface area contributed by atoms with Crippen LogP contribution in [0.1, 0.15) is 10.4 Å². The zero-order valence-electron chi connectivity index (χ0n) is 9.22. The Labute approximate surface area is 102 Å². The maximum atomic E-state index is 13.3. The number of anilines is 2. The van der Waals surface area contributed by atoms with Gasteiger partial charge in [-0.2, -0.15) is 0 Å². The van der Waals surface area contributed by atoms with E-state index in [0.29, 0.717) is 0 Å². The molecule has 0 aliphatic heterocycles. The van der Waals surface area contributed by atoms with Crippen LogP contribution in [-0.2, 0) is 0 Å². The van der Waals surface area contributed by atoms with Crippen LogP contribution in [0.25, 0.3) is 0 Å². The van der Waals surface area contributed by atoms with E-state index in [0.717, 1.165) is 6.20 Å². The molecule has 0 radical (unpaired) electrons. The molecule has 0 saturated heterocycles. The molecule has 1 aromatic heterocycles. The molecule has 2 rings (SSSR count). The van der Waals surface area contributed by atoms with Gasteiger partial charge >= 0.3 is 0 Å². The lowest BCUT2D eigenvalue weighted by Gasteiger charge is -2.08. The molecular weight excluding hydrogens is 237 g/mol. The fourth-order valence-electron chi connectivity index (χ4n) is 1.41. The Hall–Kier alpha value is -2.63. The predicted molar refractivity (Wildman–Crippen MR) is 64.7 cm³/mol. The van der Waals surface area contributed by atoms with Gasteiger partial charge in [-0.3, -0.25) is 9.78 Å². The average molecular weight is 247 g/mol. The molecule has 0 fully saturated rings. The molecular formula is C12H10FN3O2. The third kappa shape index (κ3) is 2.22. The summed E-state index contributed by atoms with van der Waals surface area (Å²) in [5, 5.41) is 11.9. The number of aromatic nitrogens is 1. The van der Waals surface area contributed by atoms with Gasteiger partial charge < -0.3 is 16.2 Å². The third-order valence-electron chi connectivity index (χ3n) is 2.33. The second-order valence-electron chi connectivity index (χ2n) is 3.55. The van der Waals surface area contributed by atoms with Crippen molar-refractivity contribution in [3.05, 3.63) is 48.0 Å². The summed E-state index contributed by atoms with van der Waals surface area (Å²) >= 11 is 0. The topological polar surface area (TPSA) is 88.2 Å². The number of benzene rings is 1. The van der Waals surface area contributed by atoms with Crippen molar-refractivity contribution in [2.45, 2.75) is 0 Å². The van der Waals surface area contributed by atoms with Crippen molar-refractivity contribution in [2.75, 3.05) is 11.1 Å². The minimum absolute atomic E-state index is 0.0168. The lowest BCUT2D eigenvalue weighted by molar-refractivity contribution is 0.102. The number of nitrogens with one attached hydrogen (secondary N) is 1. The summed E-state index contributed by atoms with van der Waals surface area (Å²) < 4.78 is 13.3. The van der Waals surface area contributed by atoms with Crippen molar-refractivity contribution in [2.24, 2.45) is 0 Å². The molecule has 0 atom stereocenters. The number of aromatic hydroxyl groups is 1. The van der Waals surface area contributed by atoms with Crippen LogP contribution in [0.3, 0.4) is 0 Å². The maximum absolute atomic E-state index is 13.3. The van der Waals surface area contributed by atoms with E-state index in [-0.39, 0.29) is 22.7 Å². The quantitative estimate of drug-likeness (QED) is 0.557. The highest BCUT2D eigenvalue weighted by atomic mass is 19.1. The van der Waals surface area contributed by atoms with E-state index in [2.05, 4.69) is 10.3 Å². The number of nitrogens with zero attached hydrogens (tertiary/aromatic N) is 1. The molecule has 6 heteroatoms. The number of rotatable bonds is 2. The van der Waals surface area contributed by atoms with Crippen molar-refractivity contribution in [1.82, 2.24) is 4.98 Å². The largest absolute Gasteiger partial charge is 0.505 e. The van der Waals surface area contributed by atoms with Crippen molar-refractivity contribution in [3.63, 3.8) is 0 Å². The number of carbonyl (C=O) groups excluding carboxylic acids is 1. The van der Waals surface area contributed by atoms with Crippen molar-refractivity contribution < 1.29 is 14.3 Å². The van der Waals surface area contributed by atoms with Crippen LogP contribution >= 0.6 is 0 Å². The molecule has 1 amide bonds. The molecule has 0 aliphatic rings. The molecule has 18 heavy (non-hydrogen) atoms. The van der Waals surface area contributed by atoms with E-state index in [1.54, 1.807) is 0 Å². The zero-order valence-corrected chi connectivity index (χ0v) is 9.22. The van der Waals surface area contributed by atoms with Crippen LogP contribution in [0.5, 0.6) is 5.75 Å². The Morgan fingerprint density at radius 1 is 1.39 bits per heavy atom. The first kappa shape index (κ1) is 11.8. The molecule has 4 N–H and O–H groups in total. The van der Waals surface area contributed by atoms with Crippen LogP contribution in [0.2, 0.25) is 0 Å². The van der Waals surface area contributed by atoms with Crippen molar-refractivity contribution in [3.8, 4) is 5.75 Å². The van der Waals surface area contributed by atoms with Crippen molar-refractivity contribution >= 4 is 17.3 Å². The number of carbonyl (C=O) groups is 1. The van der Waals surface area contributed by atoms with Gasteiger partial charge in [0, 0.05) is 6.20 Å². The minimum atomic E-state index is -0.658. The number of nitrogens with two attached hydrogens (primary N) is 1. The van der Waals surface area contributed by atoms with Gasteiger partial charge in [-0.1, -0.05) is 6.07 Å². The van der Waals surface area contributed by atoms with Crippen LogP contribution in [0.4, 0.5) is 15.8 Å². The van der Waals surface area contributed by atoms with Crippen LogP contribution < -0.4 is 11.1 Å². The van der Waals surface area contributed by atoms with Crippen LogP contribution in [0.15, 0.2) is 36.7 Å².